The molecule has 1 aromatic heterocycles. The van der Waals surface area contributed by atoms with Crippen molar-refractivity contribution < 1.29 is 14.3 Å². The van der Waals surface area contributed by atoms with Crippen molar-refractivity contribution in [3.05, 3.63) is 54.4 Å². The van der Waals surface area contributed by atoms with Gasteiger partial charge in [0.15, 0.2) is 0 Å². The second-order valence-electron chi connectivity index (χ2n) is 7.30. The summed E-state index contributed by atoms with van der Waals surface area (Å²) in [7, 11) is 1.65. The predicted molar refractivity (Wildman–Crippen MR) is 105 cm³/mol. The minimum atomic E-state index is -0.460. The highest BCUT2D eigenvalue weighted by atomic mass is 16.5. The fraction of sp³-hybridized carbons (Fsp3) is 0.455. The number of carbonyl (C=O) groups excluding carboxylic acids is 1. The topological polar surface area (TPSA) is 60.5 Å². The van der Waals surface area contributed by atoms with E-state index in [1.807, 2.05) is 31.3 Å². The summed E-state index contributed by atoms with van der Waals surface area (Å²) < 4.78 is 10.7. The van der Waals surface area contributed by atoms with Gasteiger partial charge in [0.25, 0.3) is 0 Å². The van der Waals surface area contributed by atoms with E-state index in [9.17, 15) is 4.79 Å². The summed E-state index contributed by atoms with van der Waals surface area (Å²) in [6.45, 7) is 3.70. The van der Waals surface area contributed by atoms with Gasteiger partial charge in [-0.3, -0.25) is 9.78 Å². The molecule has 0 bridgehead atoms. The monoisotopic (exact) mass is 368 g/mol. The van der Waals surface area contributed by atoms with Crippen molar-refractivity contribution in [3.63, 3.8) is 0 Å². The Morgan fingerprint density at radius 1 is 1.26 bits per heavy atom. The van der Waals surface area contributed by atoms with Crippen LogP contribution in [0.1, 0.15) is 25.3 Å². The Hall–Kier alpha value is -2.24. The van der Waals surface area contributed by atoms with Gasteiger partial charge in [-0.15, -0.1) is 0 Å². The molecule has 0 aliphatic carbocycles. The van der Waals surface area contributed by atoms with Crippen molar-refractivity contribution >= 4 is 5.91 Å². The SMILES string of the molecule is COCC(C)NC(=O)C1(Cc2ccccc2-c2cccnc2)CCOCC1. The van der Waals surface area contributed by atoms with Crippen LogP contribution in [0, 0.1) is 5.41 Å². The van der Waals surface area contributed by atoms with Gasteiger partial charge in [0.2, 0.25) is 5.91 Å². The Morgan fingerprint density at radius 3 is 2.74 bits per heavy atom. The molecule has 1 atom stereocenters. The van der Waals surface area contributed by atoms with Crippen LogP contribution in [0.3, 0.4) is 0 Å². The number of aromatic nitrogens is 1. The van der Waals surface area contributed by atoms with E-state index < -0.39 is 5.41 Å². The van der Waals surface area contributed by atoms with E-state index in [4.69, 9.17) is 9.47 Å². The number of amides is 1. The van der Waals surface area contributed by atoms with Crippen molar-refractivity contribution in [2.75, 3.05) is 26.9 Å². The molecule has 0 saturated carbocycles. The van der Waals surface area contributed by atoms with Gasteiger partial charge in [0.1, 0.15) is 0 Å². The number of carbonyl (C=O) groups is 1. The Kier molecular flexibility index (Phi) is 6.58. The van der Waals surface area contributed by atoms with E-state index >= 15 is 0 Å². The minimum Gasteiger partial charge on any atom is -0.383 e. The van der Waals surface area contributed by atoms with Crippen LogP contribution < -0.4 is 5.32 Å². The van der Waals surface area contributed by atoms with Crippen molar-refractivity contribution in [1.82, 2.24) is 10.3 Å². The first-order valence-electron chi connectivity index (χ1n) is 9.50. The molecular weight excluding hydrogens is 340 g/mol. The largest absolute Gasteiger partial charge is 0.383 e. The second-order valence-corrected chi connectivity index (χ2v) is 7.30. The van der Waals surface area contributed by atoms with Crippen LogP contribution in [0.4, 0.5) is 0 Å². The molecule has 3 rings (SSSR count). The first kappa shape index (κ1) is 19.5. The summed E-state index contributed by atoms with van der Waals surface area (Å²) >= 11 is 0. The molecule has 1 aromatic carbocycles. The van der Waals surface area contributed by atoms with Gasteiger partial charge in [0.05, 0.1) is 12.0 Å². The number of rotatable bonds is 7. The summed E-state index contributed by atoms with van der Waals surface area (Å²) in [5.41, 5.74) is 2.91. The van der Waals surface area contributed by atoms with Gasteiger partial charge in [-0.25, -0.2) is 0 Å². The third-order valence-electron chi connectivity index (χ3n) is 5.24. The Bertz CT molecular complexity index is 742. The molecule has 2 heterocycles. The maximum atomic E-state index is 13.2. The summed E-state index contributed by atoms with van der Waals surface area (Å²) in [4.78, 5) is 17.5. The lowest BCUT2D eigenvalue weighted by atomic mass is 9.73. The zero-order valence-corrected chi connectivity index (χ0v) is 16.1. The number of hydrogen-bond acceptors (Lipinski definition) is 4. The van der Waals surface area contributed by atoms with Crippen LogP contribution in [-0.4, -0.2) is 43.9 Å². The van der Waals surface area contributed by atoms with E-state index in [1.54, 1.807) is 13.3 Å². The summed E-state index contributed by atoms with van der Waals surface area (Å²) in [6, 6.07) is 12.3. The molecule has 5 heteroatoms. The quantitative estimate of drug-likeness (QED) is 0.815. The van der Waals surface area contributed by atoms with Gasteiger partial charge in [-0.2, -0.15) is 0 Å². The molecule has 1 aliphatic rings. The lowest BCUT2D eigenvalue weighted by Crippen LogP contribution is -2.49. The molecule has 5 nitrogen and oxygen atoms in total. The molecule has 27 heavy (non-hydrogen) atoms. The summed E-state index contributed by atoms with van der Waals surface area (Å²) in [6.07, 6.45) is 5.78. The highest BCUT2D eigenvalue weighted by Crippen LogP contribution is 2.37. The molecule has 2 aromatic rings. The van der Waals surface area contributed by atoms with Crippen LogP contribution >= 0.6 is 0 Å². The number of ether oxygens (including phenoxy) is 2. The van der Waals surface area contributed by atoms with Gasteiger partial charge < -0.3 is 14.8 Å². The number of nitrogens with one attached hydrogen (secondary N) is 1. The fourth-order valence-corrected chi connectivity index (χ4v) is 3.76. The Labute approximate surface area is 161 Å². The van der Waals surface area contributed by atoms with Crippen molar-refractivity contribution in [1.29, 1.82) is 0 Å². The van der Waals surface area contributed by atoms with Crippen LogP contribution in [0.25, 0.3) is 11.1 Å². The second kappa shape index (κ2) is 9.11. The summed E-state index contributed by atoms with van der Waals surface area (Å²) in [5, 5.41) is 3.14. The lowest BCUT2D eigenvalue weighted by Gasteiger charge is -2.37. The molecular formula is C22H28N2O3. The molecule has 1 N–H and O–H groups in total. The van der Waals surface area contributed by atoms with E-state index in [-0.39, 0.29) is 11.9 Å². The van der Waals surface area contributed by atoms with Gasteiger partial charge >= 0.3 is 0 Å². The Morgan fingerprint density at radius 2 is 2.04 bits per heavy atom. The molecule has 0 spiro atoms. The first-order chi connectivity index (χ1) is 13.1. The number of methoxy groups -OCH3 is 1. The van der Waals surface area contributed by atoms with E-state index in [0.29, 0.717) is 26.2 Å². The predicted octanol–water partition coefficient (Wildman–Crippen LogP) is 3.24. The minimum absolute atomic E-state index is 0.0178. The zero-order chi connectivity index (χ0) is 19.1. The molecule has 144 valence electrons. The number of nitrogens with zero attached hydrogens (tertiary/aromatic N) is 1. The molecule has 1 amide bonds. The smallest absolute Gasteiger partial charge is 0.227 e. The van der Waals surface area contributed by atoms with Crippen LogP contribution in [-0.2, 0) is 20.7 Å². The van der Waals surface area contributed by atoms with Crippen molar-refractivity contribution in [2.24, 2.45) is 5.41 Å². The molecule has 1 fully saturated rings. The van der Waals surface area contributed by atoms with Crippen LogP contribution in [0.15, 0.2) is 48.8 Å². The van der Waals surface area contributed by atoms with Crippen molar-refractivity contribution in [2.45, 2.75) is 32.2 Å². The highest BCUT2D eigenvalue weighted by Gasteiger charge is 2.41. The third-order valence-corrected chi connectivity index (χ3v) is 5.24. The molecule has 1 saturated heterocycles. The van der Waals surface area contributed by atoms with Gasteiger partial charge in [0, 0.05) is 44.3 Å². The normalized spacial score (nSPS) is 17.3. The number of benzene rings is 1. The van der Waals surface area contributed by atoms with Crippen LogP contribution in [0.2, 0.25) is 0 Å². The van der Waals surface area contributed by atoms with E-state index in [1.165, 1.54) is 5.56 Å². The maximum Gasteiger partial charge on any atom is 0.227 e. The molecule has 0 radical (unpaired) electrons. The molecule has 1 unspecified atom stereocenters. The highest BCUT2D eigenvalue weighted by molar-refractivity contribution is 5.84. The zero-order valence-electron chi connectivity index (χ0n) is 16.1. The van der Waals surface area contributed by atoms with Gasteiger partial charge in [-0.05, 0) is 43.4 Å². The number of pyridine rings is 1. The maximum absolute atomic E-state index is 13.2. The first-order valence-corrected chi connectivity index (χ1v) is 9.50. The average Bonchev–Trinajstić information content (AvgIpc) is 2.70. The average molecular weight is 368 g/mol. The van der Waals surface area contributed by atoms with Crippen LogP contribution in [0.5, 0.6) is 0 Å². The van der Waals surface area contributed by atoms with Crippen molar-refractivity contribution in [3.8, 4) is 11.1 Å². The standard InChI is InChI=1S/C22H28N2O3/c1-17(16-26-2)24-21(25)22(9-12-27-13-10-22)14-18-6-3-4-8-20(18)19-7-5-11-23-15-19/h3-8,11,15,17H,9-10,12-14,16H2,1-2H3,(H,24,25). The molecule has 1 aliphatic heterocycles. The number of hydrogen-bond donors (Lipinski definition) is 1. The fourth-order valence-electron chi connectivity index (χ4n) is 3.76. The van der Waals surface area contributed by atoms with E-state index in [0.717, 1.165) is 24.0 Å². The third kappa shape index (κ3) is 4.73. The Balaban J connectivity index is 1.89. The van der Waals surface area contributed by atoms with E-state index in [2.05, 4.69) is 28.5 Å². The lowest BCUT2D eigenvalue weighted by molar-refractivity contribution is -0.137. The summed E-state index contributed by atoms with van der Waals surface area (Å²) in [5.74, 6) is 0.0938. The van der Waals surface area contributed by atoms with Gasteiger partial charge in [-0.1, -0.05) is 30.3 Å².